The molecule has 16 heavy (non-hydrogen) atoms. The quantitative estimate of drug-likeness (QED) is 0.123. The summed E-state index contributed by atoms with van der Waals surface area (Å²) in [5, 5.41) is 36.5. The Kier molecular flexibility index (Phi) is 19.8. The van der Waals surface area contributed by atoms with Crippen LogP contribution in [0.2, 0.25) is 0 Å². The van der Waals surface area contributed by atoms with Crippen molar-refractivity contribution in [2.45, 2.75) is 19.9 Å². The van der Waals surface area contributed by atoms with E-state index in [0.29, 0.717) is 5.71 Å². The fourth-order valence-electron chi connectivity index (χ4n) is 0.0577. The van der Waals surface area contributed by atoms with Crippen molar-refractivity contribution in [1.82, 2.24) is 0 Å². The van der Waals surface area contributed by atoms with Crippen molar-refractivity contribution < 1.29 is 20.6 Å². The van der Waals surface area contributed by atoms with Crippen LogP contribution in [0.15, 0.2) is 10.3 Å². The minimum atomic E-state index is -0.454. The fourth-order valence-corrected chi connectivity index (χ4v) is 0.0577. The van der Waals surface area contributed by atoms with Crippen LogP contribution >= 0.6 is 0 Å². The van der Waals surface area contributed by atoms with E-state index in [1.165, 1.54) is 0 Å². The predicted molar refractivity (Wildman–Crippen MR) is 60.3 cm³/mol. The van der Waals surface area contributed by atoms with Crippen LogP contribution in [0.4, 0.5) is 0 Å². The van der Waals surface area contributed by atoms with Crippen molar-refractivity contribution in [3.8, 4) is 0 Å². The van der Waals surface area contributed by atoms with Crippen LogP contribution in [-0.2, 0) is 0 Å². The van der Waals surface area contributed by atoms with E-state index in [1.54, 1.807) is 13.8 Å². The van der Waals surface area contributed by atoms with E-state index >= 15 is 0 Å². The number of aliphatic hydroxyl groups excluding tert-OH is 2. The van der Waals surface area contributed by atoms with Gasteiger partial charge < -0.3 is 37.8 Å². The predicted octanol–water partition coefficient (Wildman–Crippen LogP) is -2.20. The third kappa shape index (κ3) is 39.3. The standard InChI is InChI=1S/C3H9NO2.C3H7NO.CH5N3O/c4-3(1-5)2-6;1-3(2)4-5;2-1(3)4-5/h3,5-6H,1-2,4H2;5H,1-2H3;5H,(H4,2,3,4). The molecule has 10 N–H and O–H groups in total. The number of nitrogens with zero attached hydrogens (tertiary/aromatic N) is 2. The highest BCUT2D eigenvalue weighted by molar-refractivity contribution is 5.78. The first kappa shape index (κ1) is 19.9. The molecule has 9 nitrogen and oxygen atoms in total. The van der Waals surface area contributed by atoms with Gasteiger partial charge in [0.1, 0.15) is 0 Å². The molecule has 0 fully saturated rings. The maximum atomic E-state index is 8.05. The maximum Gasteiger partial charge on any atom is 0.228 e. The van der Waals surface area contributed by atoms with Crippen LogP contribution < -0.4 is 17.2 Å². The van der Waals surface area contributed by atoms with E-state index in [9.17, 15) is 0 Å². The van der Waals surface area contributed by atoms with Crippen LogP contribution in [0.1, 0.15) is 13.8 Å². The summed E-state index contributed by atoms with van der Waals surface area (Å²) in [5.74, 6) is -0.315. The maximum absolute atomic E-state index is 8.05. The Morgan fingerprint density at radius 1 is 1.06 bits per heavy atom. The average Bonchev–Trinajstić information content (AvgIpc) is 2.29. The molecular weight excluding hydrogens is 218 g/mol. The van der Waals surface area contributed by atoms with Gasteiger partial charge in [-0.2, -0.15) is 0 Å². The zero-order chi connectivity index (χ0) is 13.6. The molecule has 0 radical (unpaired) electrons. The van der Waals surface area contributed by atoms with Gasteiger partial charge in [0.05, 0.1) is 25.0 Å². The Labute approximate surface area is 93.8 Å². The number of oxime groups is 2. The number of aliphatic hydroxyl groups is 2. The topological polar surface area (TPSA) is 184 Å². The zero-order valence-corrected chi connectivity index (χ0v) is 9.41. The van der Waals surface area contributed by atoms with Gasteiger partial charge in [-0.3, -0.25) is 0 Å². The van der Waals surface area contributed by atoms with Crippen LogP contribution in [0, 0.1) is 0 Å². The molecule has 0 aromatic rings. The second-order valence-corrected chi connectivity index (χ2v) is 2.70. The van der Waals surface area contributed by atoms with Gasteiger partial charge in [0.15, 0.2) is 0 Å². The summed E-state index contributed by atoms with van der Waals surface area (Å²) in [6.07, 6.45) is 0. The van der Waals surface area contributed by atoms with Gasteiger partial charge in [-0.25, -0.2) is 0 Å². The van der Waals surface area contributed by atoms with Crippen molar-refractivity contribution in [2.75, 3.05) is 13.2 Å². The number of hydrogen-bond donors (Lipinski definition) is 7. The Hall–Kier alpha value is -1.58. The molecule has 0 spiro atoms. The summed E-state index contributed by atoms with van der Waals surface area (Å²) >= 11 is 0. The van der Waals surface area contributed by atoms with Gasteiger partial charge in [0.2, 0.25) is 5.96 Å². The molecule has 0 bridgehead atoms. The van der Waals surface area contributed by atoms with E-state index in [4.69, 9.17) is 26.4 Å². The third-order valence-electron chi connectivity index (χ3n) is 0.784. The molecule has 0 aromatic carbocycles. The smallest absolute Gasteiger partial charge is 0.228 e. The summed E-state index contributed by atoms with van der Waals surface area (Å²) < 4.78 is 0. The second kappa shape index (κ2) is 15.9. The summed E-state index contributed by atoms with van der Waals surface area (Å²) in [6.45, 7) is 3.16. The van der Waals surface area contributed by atoms with Crippen LogP contribution in [0.25, 0.3) is 0 Å². The molecule has 0 aliphatic rings. The zero-order valence-electron chi connectivity index (χ0n) is 9.41. The molecule has 0 heterocycles. The lowest BCUT2D eigenvalue weighted by Crippen LogP contribution is -2.27. The van der Waals surface area contributed by atoms with Crippen LogP contribution in [0.3, 0.4) is 0 Å². The Bertz CT molecular complexity index is 169. The highest BCUT2D eigenvalue weighted by Gasteiger charge is 1.91. The summed E-state index contributed by atoms with van der Waals surface area (Å²) in [7, 11) is 0. The van der Waals surface area contributed by atoms with Gasteiger partial charge >= 0.3 is 0 Å². The van der Waals surface area contributed by atoms with Gasteiger partial charge in [0, 0.05) is 0 Å². The minimum absolute atomic E-state index is 0.142. The SMILES string of the molecule is CC(C)=NO.NC(CO)CO.NC(N)=NO. The van der Waals surface area contributed by atoms with Crippen molar-refractivity contribution in [1.29, 1.82) is 0 Å². The number of guanidine groups is 1. The monoisotopic (exact) mass is 239 g/mol. The van der Waals surface area contributed by atoms with E-state index in [0.717, 1.165) is 0 Å². The highest BCUT2D eigenvalue weighted by atomic mass is 16.4. The van der Waals surface area contributed by atoms with Gasteiger partial charge in [-0.15, -0.1) is 0 Å². The van der Waals surface area contributed by atoms with Gasteiger partial charge in [-0.1, -0.05) is 10.3 Å². The lowest BCUT2D eigenvalue weighted by Gasteiger charge is -1.98. The Morgan fingerprint density at radius 3 is 1.31 bits per heavy atom. The first-order valence-electron chi connectivity index (χ1n) is 4.21. The first-order chi connectivity index (χ1) is 7.35. The third-order valence-corrected chi connectivity index (χ3v) is 0.784. The molecule has 0 amide bonds. The molecular formula is C7H21N5O4. The lowest BCUT2D eigenvalue weighted by atomic mass is 10.4. The van der Waals surface area contributed by atoms with E-state index in [1.807, 2.05) is 0 Å². The molecule has 0 saturated heterocycles. The molecule has 0 saturated carbocycles. The van der Waals surface area contributed by atoms with Crippen LogP contribution in [-0.4, -0.2) is 51.6 Å². The minimum Gasteiger partial charge on any atom is -0.411 e. The largest absolute Gasteiger partial charge is 0.411 e. The first-order valence-corrected chi connectivity index (χ1v) is 4.21. The summed E-state index contributed by atoms with van der Waals surface area (Å²) in [6, 6.07) is -0.454. The Morgan fingerprint density at radius 2 is 1.31 bits per heavy atom. The number of hydrogen-bond acceptors (Lipinski definition) is 7. The van der Waals surface area contributed by atoms with Crippen molar-refractivity contribution in [2.24, 2.45) is 27.5 Å². The molecule has 0 rings (SSSR count). The van der Waals surface area contributed by atoms with Crippen molar-refractivity contribution in [3.63, 3.8) is 0 Å². The molecule has 98 valence electrons. The van der Waals surface area contributed by atoms with Crippen molar-refractivity contribution in [3.05, 3.63) is 0 Å². The van der Waals surface area contributed by atoms with Crippen molar-refractivity contribution >= 4 is 11.7 Å². The molecule has 0 unspecified atom stereocenters. The fraction of sp³-hybridized carbons (Fsp3) is 0.714. The van der Waals surface area contributed by atoms with Crippen LogP contribution in [0.5, 0.6) is 0 Å². The molecule has 0 aromatic heterocycles. The average molecular weight is 239 g/mol. The number of nitrogens with two attached hydrogens (primary N) is 3. The van der Waals surface area contributed by atoms with E-state index in [2.05, 4.69) is 21.8 Å². The van der Waals surface area contributed by atoms with E-state index < -0.39 is 6.04 Å². The summed E-state index contributed by atoms with van der Waals surface area (Å²) in [4.78, 5) is 0. The normalized spacial score (nSPS) is 7.88. The highest BCUT2D eigenvalue weighted by Crippen LogP contribution is 1.66. The van der Waals surface area contributed by atoms with E-state index in [-0.39, 0.29) is 19.2 Å². The summed E-state index contributed by atoms with van der Waals surface area (Å²) in [5.41, 5.74) is 14.8. The second-order valence-electron chi connectivity index (χ2n) is 2.70. The van der Waals surface area contributed by atoms with Gasteiger partial charge in [-0.05, 0) is 13.8 Å². The molecule has 0 aliphatic heterocycles. The molecule has 0 aliphatic carbocycles. The number of rotatable bonds is 2. The lowest BCUT2D eigenvalue weighted by molar-refractivity contribution is 0.194. The molecule has 0 atom stereocenters. The van der Waals surface area contributed by atoms with Gasteiger partial charge in [0.25, 0.3) is 0 Å². The Balaban J connectivity index is -0.000000160. The molecule has 9 heteroatoms.